The zero-order valence-corrected chi connectivity index (χ0v) is 14.4. The van der Waals surface area contributed by atoms with Crippen LogP contribution in [0.15, 0.2) is 29.3 Å². The highest BCUT2D eigenvalue weighted by Crippen LogP contribution is 2.32. The van der Waals surface area contributed by atoms with E-state index in [1.807, 2.05) is 0 Å². The molecule has 9 nitrogen and oxygen atoms in total. The zero-order valence-electron chi connectivity index (χ0n) is 13.5. The topological polar surface area (TPSA) is 111 Å². The molecule has 2 rings (SSSR count). The van der Waals surface area contributed by atoms with E-state index in [0.717, 1.165) is 10.5 Å². The van der Waals surface area contributed by atoms with E-state index >= 15 is 0 Å². The summed E-state index contributed by atoms with van der Waals surface area (Å²) < 4.78 is 37.9. The van der Waals surface area contributed by atoms with Crippen LogP contribution in [-0.2, 0) is 17.1 Å². The number of sulfonamides is 1. The highest BCUT2D eigenvalue weighted by Gasteiger charge is 2.29. The minimum absolute atomic E-state index is 0.0581. The number of aromatic carboxylic acids is 1. The maximum Gasteiger partial charge on any atom is 0.341 e. The van der Waals surface area contributed by atoms with Gasteiger partial charge in [0.15, 0.2) is 17.3 Å². The van der Waals surface area contributed by atoms with Gasteiger partial charge >= 0.3 is 5.97 Å². The quantitative estimate of drug-likeness (QED) is 0.821. The predicted octanol–water partition coefficient (Wildman–Crippen LogP) is 0.961. The molecule has 130 valence electrons. The molecule has 0 radical (unpaired) electrons. The van der Waals surface area contributed by atoms with Crippen LogP contribution in [0, 0.1) is 0 Å². The number of rotatable bonds is 6. The van der Waals surface area contributed by atoms with Gasteiger partial charge < -0.3 is 14.6 Å². The molecule has 0 bridgehead atoms. The maximum atomic E-state index is 12.8. The number of carbonyl (C=O) groups is 1. The molecule has 0 aliphatic heterocycles. The molecule has 1 aromatic carbocycles. The van der Waals surface area contributed by atoms with E-state index in [2.05, 4.69) is 5.10 Å². The molecule has 0 saturated carbocycles. The number of ether oxygens (including phenoxy) is 2. The van der Waals surface area contributed by atoms with E-state index in [0.29, 0.717) is 5.75 Å². The Bertz CT molecular complexity index is 875. The van der Waals surface area contributed by atoms with Crippen molar-refractivity contribution < 1.29 is 27.8 Å². The predicted molar refractivity (Wildman–Crippen MR) is 85.3 cm³/mol. The van der Waals surface area contributed by atoms with Crippen LogP contribution in [0.2, 0.25) is 0 Å². The fraction of sp³-hybridized carbons (Fsp3) is 0.286. The number of hydrogen-bond acceptors (Lipinski definition) is 6. The minimum atomic E-state index is -4.02. The highest BCUT2D eigenvalue weighted by atomic mass is 32.2. The van der Waals surface area contributed by atoms with E-state index in [4.69, 9.17) is 9.47 Å². The summed E-state index contributed by atoms with van der Waals surface area (Å²) in [5.41, 5.74) is -0.218. The van der Waals surface area contributed by atoms with Gasteiger partial charge in [0.25, 0.3) is 10.0 Å². The Morgan fingerprint density at radius 3 is 2.42 bits per heavy atom. The van der Waals surface area contributed by atoms with Crippen LogP contribution in [0.4, 0.5) is 5.82 Å². The third-order valence-electron chi connectivity index (χ3n) is 3.45. The summed E-state index contributed by atoms with van der Waals surface area (Å²) in [7, 11) is 1.52. The molecule has 0 unspecified atom stereocenters. The Morgan fingerprint density at radius 1 is 1.25 bits per heavy atom. The summed E-state index contributed by atoms with van der Waals surface area (Å²) in [5.74, 6) is -0.703. The van der Waals surface area contributed by atoms with Crippen LogP contribution in [-0.4, -0.2) is 50.5 Å². The molecule has 0 saturated heterocycles. The lowest BCUT2D eigenvalue weighted by Gasteiger charge is -2.20. The van der Waals surface area contributed by atoms with E-state index < -0.39 is 16.0 Å². The van der Waals surface area contributed by atoms with Crippen molar-refractivity contribution in [3.63, 3.8) is 0 Å². The van der Waals surface area contributed by atoms with Crippen molar-refractivity contribution in [2.24, 2.45) is 7.05 Å². The van der Waals surface area contributed by atoms with E-state index in [1.54, 1.807) is 0 Å². The number of aryl methyl sites for hydroxylation is 1. The largest absolute Gasteiger partial charge is 0.493 e. The fourth-order valence-corrected chi connectivity index (χ4v) is 3.46. The van der Waals surface area contributed by atoms with Gasteiger partial charge in [0, 0.05) is 20.2 Å². The van der Waals surface area contributed by atoms with Gasteiger partial charge in [-0.3, -0.25) is 8.99 Å². The summed E-state index contributed by atoms with van der Waals surface area (Å²) in [6, 6.07) is 4.12. The first-order chi connectivity index (χ1) is 11.2. The Hall–Kier alpha value is -2.75. The van der Waals surface area contributed by atoms with Crippen LogP contribution in [0.5, 0.6) is 11.5 Å². The first-order valence-electron chi connectivity index (χ1n) is 6.70. The summed E-state index contributed by atoms with van der Waals surface area (Å²) in [6.07, 6.45) is 1.10. The SMILES string of the molecule is COc1ccc(S(=O)(=O)N(C)c2c(C(=O)O)cnn2C)cc1OC. The first kappa shape index (κ1) is 17.6. The number of anilines is 1. The standard InChI is InChI=1S/C14H17N3O6S/c1-16-13(10(8-15-16)14(18)19)17(2)24(20,21)9-5-6-11(22-3)12(7-9)23-4/h5-8H,1-4H3,(H,18,19). The lowest BCUT2D eigenvalue weighted by atomic mass is 10.3. The van der Waals surface area contributed by atoms with Crippen LogP contribution < -0.4 is 13.8 Å². The second-order valence-electron chi connectivity index (χ2n) is 4.80. The van der Waals surface area contributed by atoms with Gasteiger partial charge in [-0.05, 0) is 12.1 Å². The van der Waals surface area contributed by atoms with Gasteiger partial charge in [-0.15, -0.1) is 0 Å². The number of carboxylic acids is 1. The van der Waals surface area contributed by atoms with Crippen molar-refractivity contribution >= 4 is 21.8 Å². The molecule has 0 aliphatic rings. The molecule has 0 aliphatic carbocycles. The van der Waals surface area contributed by atoms with Crippen molar-refractivity contribution in [3.05, 3.63) is 30.0 Å². The molecule has 0 fully saturated rings. The van der Waals surface area contributed by atoms with Gasteiger partial charge in [-0.25, -0.2) is 13.2 Å². The molecular weight excluding hydrogens is 338 g/mol. The molecule has 0 amide bonds. The molecular formula is C14H17N3O6S. The van der Waals surface area contributed by atoms with Crippen molar-refractivity contribution in [1.29, 1.82) is 0 Å². The van der Waals surface area contributed by atoms with Crippen LogP contribution in [0.25, 0.3) is 0 Å². The second kappa shape index (κ2) is 6.40. The Labute approximate surface area is 139 Å². The number of methoxy groups -OCH3 is 2. The number of nitrogens with zero attached hydrogens (tertiary/aromatic N) is 3. The normalized spacial score (nSPS) is 11.2. The third kappa shape index (κ3) is 2.87. The van der Waals surface area contributed by atoms with Crippen LogP contribution >= 0.6 is 0 Å². The molecule has 1 aromatic heterocycles. The minimum Gasteiger partial charge on any atom is -0.493 e. The highest BCUT2D eigenvalue weighted by molar-refractivity contribution is 7.92. The van der Waals surface area contributed by atoms with E-state index in [-0.39, 0.29) is 22.0 Å². The van der Waals surface area contributed by atoms with E-state index in [1.165, 1.54) is 51.2 Å². The molecule has 24 heavy (non-hydrogen) atoms. The molecule has 1 N–H and O–H groups in total. The number of aromatic nitrogens is 2. The summed E-state index contributed by atoms with van der Waals surface area (Å²) in [5, 5.41) is 13.0. The Balaban J connectivity index is 2.55. The first-order valence-corrected chi connectivity index (χ1v) is 8.14. The Kier molecular flexibility index (Phi) is 4.69. The molecule has 1 heterocycles. The number of carboxylic acid groups (broad SMARTS) is 1. The lowest BCUT2D eigenvalue weighted by molar-refractivity contribution is 0.0697. The summed E-state index contributed by atoms with van der Waals surface area (Å²) >= 11 is 0. The molecule has 0 atom stereocenters. The van der Waals surface area contributed by atoms with Crippen molar-refractivity contribution in [2.75, 3.05) is 25.6 Å². The van der Waals surface area contributed by atoms with Gasteiger partial charge in [0.1, 0.15) is 5.56 Å². The fourth-order valence-electron chi connectivity index (χ4n) is 2.20. The Morgan fingerprint density at radius 2 is 1.88 bits per heavy atom. The van der Waals surface area contributed by atoms with Gasteiger partial charge in [0.2, 0.25) is 0 Å². The van der Waals surface area contributed by atoms with Crippen LogP contribution in [0.3, 0.4) is 0 Å². The molecule has 2 aromatic rings. The van der Waals surface area contributed by atoms with Gasteiger partial charge in [-0.1, -0.05) is 0 Å². The second-order valence-corrected chi connectivity index (χ2v) is 6.77. The zero-order chi connectivity index (χ0) is 18.1. The molecule has 10 heteroatoms. The van der Waals surface area contributed by atoms with Crippen molar-refractivity contribution in [3.8, 4) is 11.5 Å². The van der Waals surface area contributed by atoms with E-state index in [9.17, 15) is 18.3 Å². The van der Waals surface area contributed by atoms with Gasteiger partial charge in [-0.2, -0.15) is 5.10 Å². The average Bonchev–Trinajstić information content (AvgIpc) is 2.94. The smallest absolute Gasteiger partial charge is 0.341 e. The van der Waals surface area contributed by atoms with Crippen molar-refractivity contribution in [2.45, 2.75) is 4.90 Å². The van der Waals surface area contributed by atoms with Crippen molar-refractivity contribution in [1.82, 2.24) is 9.78 Å². The number of benzene rings is 1. The number of hydrogen-bond donors (Lipinski definition) is 1. The average molecular weight is 355 g/mol. The van der Waals surface area contributed by atoms with Crippen LogP contribution in [0.1, 0.15) is 10.4 Å². The summed E-state index contributed by atoms with van der Waals surface area (Å²) in [4.78, 5) is 11.2. The maximum absolute atomic E-state index is 12.8. The third-order valence-corrected chi connectivity index (χ3v) is 5.19. The monoisotopic (exact) mass is 355 g/mol. The summed E-state index contributed by atoms with van der Waals surface area (Å²) in [6.45, 7) is 0. The molecule has 0 spiro atoms. The lowest BCUT2D eigenvalue weighted by Crippen LogP contribution is -2.29. The van der Waals surface area contributed by atoms with Gasteiger partial charge in [0.05, 0.1) is 25.3 Å².